The zero-order valence-corrected chi connectivity index (χ0v) is 17.6. The molecule has 0 amide bonds. The first-order valence-electron chi connectivity index (χ1n) is 8.22. The summed E-state index contributed by atoms with van der Waals surface area (Å²) in [6.45, 7) is 8.11. The average molecular weight is 387 g/mol. The van der Waals surface area contributed by atoms with Crippen LogP contribution in [0.3, 0.4) is 0 Å². The van der Waals surface area contributed by atoms with Gasteiger partial charge in [0.25, 0.3) is 0 Å². The molecule has 0 saturated carbocycles. The summed E-state index contributed by atoms with van der Waals surface area (Å²) in [5, 5.41) is 6.52. The molecule has 0 unspecified atom stereocenters. The maximum absolute atomic E-state index is 12.5. The predicted octanol–water partition coefficient (Wildman–Crippen LogP) is 2.13. The van der Waals surface area contributed by atoms with Crippen LogP contribution >= 0.6 is 11.8 Å². The molecule has 1 rings (SSSR count). The lowest BCUT2D eigenvalue weighted by molar-refractivity contribution is 0.519. The van der Waals surface area contributed by atoms with Gasteiger partial charge in [-0.3, -0.25) is 0 Å². The van der Waals surface area contributed by atoms with Crippen LogP contribution in [0.4, 0.5) is 0 Å². The fourth-order valence-corrected chi connectivity index (χ4v) is 3.28. The van der Waals surface area contributed by atoms with Crippen LogP contribution in [-0.4, -0.2) is 56.9 Å². The number of aliphatic imine (C=N–C) groups is 1. The molecule has 142 valence electrons. The molecule has 0 radical (unpaired) electrons. The van der Waals surface area contributed by atoms with E-state index in [0.29, 0.717) is 16.4 Å². The van der Waals surface area contributed by atoms with Crippen LogP contribution in [0.1, 0.15) is 26.3 Å². The SMILES string of the molecule is CCNC(=NCc1ccccc1S(=O)(=O)N(C)C)NCC(C)(C)SC. The van der Waals surface area contributed by atoms with Crippen molar-refractivity contribution in [3.63, 3.8) is 0 Å². The fourth-order valence-electron chi connectivity index (χ4n) is 1.96. The monoisotopic (exact) mass is 386 g/mol. The molecule has 1 aromatic rings. The van der Waals surface area contributed by atoms with Crippen LogP contribution < -0.4 is 10.6 Å². The van der Waals surface area contributed by atoms with Gasteiger partial charge in [0.1, 0.15) is 0 Å². The lowest BCUT2D eigenvalue weighted by atomic mass is 10.2. The molecule has 0 spiro atoms. The lowest BCUT2D eigenvalue weighted by Crippen LogP contribution is -2.43. The van der Waals surface area contributed by atoms with E-state index in [1.807, 2.05) is 13.0 Å². The third-order valence-corrected chi connectivity index (χ3v) is 6.88. The highest BCUT2D eigenvalue weighted by Crippen LogP contribution is 2.20. The van der Waals surface area contributed by atoms with Gasteiger partial charge in [0.2, 0.25) is 10.0 Å². The molecule has 6 nitrogen and oxygen atoms in total. The number of nitrogens with one attached hydrogen (secondary N) is 2. The Hall–Kier alpha value is -1.25. The van der Waals surface area contributed by atoms with Crippen molar-refractivity contribution in [3.05, 3.63) is 29.8 Å². The molecule has 2 N–H and O–H groups in total. The van der Waals surface area contributed by atoms with Crippen LogP contribution in [0.25, 0.3) is 0 Å². The van der Waals surface area contributed by atoms with E-state index in [4.69, 9.17) is 0 Å². The van der Waals surface area contributed by atoms with Gasteiger partial charge in [0, 0.05) is 31.9 Å². The minimum Gasteiger partial charge on any atom is -0.357 e. The highest BCUT2D eigenvalue weighted by Gasteiger charge is 2.20. The summed E-state index contributed by atoms with van der Waals surface area (Å²) in [4.78, 5) is 4.85. The smallest absolute Gasteiger partial charge is 0.242 e. The molecule has 0 fully saturated rings. The standard InChI is InChI=1S/C17H30N4O2S2/c1-7-18-16(20-13-17(2,3)24-6)19-12-14-10-8-9-11-15(14)25(22,23)21(4)5/h8-11H,7,12-13H2,1-6H3,(H2,18,19,20). The highest BCUT2D eigenvalue weighted by atomic mass is 32.2. The van der Waals surface area contributed by atoms with Gasteiger partial charge in [-0.2, -0.15) is 11.8 Å². The molecule has 0 bridgehead atoms. The van der Waals surface area contributed by atoms with Gasteiger partial charge in [0.05, 0.1) is 11.4 Å². The van der Waals surface area contributed by atoms with Gasteiger partial charge in [-0.05, 0) is 38.7 Å². The molecule has 0 heterocycles. The van der Waals surface area contributed by atoms with E-state index in [0.717, 1.165) is 13.1 Å². The highest BCUT2D eigenvalue weighted by molar-refractivity contribution is 7.99. The second-order valence-corrected chi connectivity index (χ2v) is 10.0. The summed E-state index contributed by atoms with van der Waals surface area (Å²) in [5.41, 5.74) is 0.678. The molecular formula is C17H30N4O2S2. The number of rotatable bonds is 8. The Balaban J connectivity index is 3.01. The number of guanidine groups is 1. The van der Waals surface area contributed by atoms with E-state index in [1.54, 1.807) is 30.0 Å². The molecular weight excluding hydrogens is 356 g/mol. The third-order valence-electron chi connectivity index (χ3n) is 3.72. The van der Waals surface area contributed by atoms with Crippen molar-refractivity contribution in [1.29, 1.82) is 0 Å². The zero-order valence-electron chi connectivity index (χ0n) is 16.0. The van der Waals surface area contributed by atoms with Crippen LogP contribution in [0.5, 0.6) is 0 Å². The van der Waals surface area contributed by atoms with Crippen molar-refractivity contribution in [2.45, 2.75) is 37.0 Å². The normalized spacial score (nSPS) is 13.2. The number of nitrogens with zero attached hydrogens (tertiary/aromatic N) is 2. The Morgan fingerprint density at radius 1 is 1.24 bits per heavy atom. The van der Waals surface area contributed by atoms with Crippen LogP contribution in [0.2, 0.25) is 0 Å². The number of hydrogen-bond donors (Lipinski definition) is 2. The molecule has 0 saturated heterocycles. The molecule has 0 aliphatic heterocycles. The van der Waals surface area contributed by atoms with E-state index < -0.39 is 10.0 Å². The largest absolute Gasteiger partial charge is 0.357 e. The molecule has 0 aliphatic carbocycles. The van der Waals surface area contributed by atoms with Gasteiger partial charge < -0.3 is 10.6 Å². The van der Waals surface area contributed by atoms with Gasteiger partial charge in [-0.1, -0.05) is 18.2 Å². The van der Waals surface area contributed by atoms with Crippen LogP contribution in [-0.2, 0) is 16.6 Å². The van der Waals surface area contributed by atoms with E-state index >= 15 is 0 Å². The van der Waals surface area contributed by atoms with Crippen LogP contribution in [0, 0.1) is 0 Å². The first-order chi connectivity index (χ1) is 11.6. The number of sulfonamides is 1. The van der Waals surface area contributed by atoms with Gasteiger partial charge in [-0.15, -0.1) is 0 Å². The summed E-state index contributed by atoms with van der Waals surface area (Å²) in [6, 6.07) is 6.98. The summed E-state index contributed by atoms with van der Waals surface area (Å²) < 4.78 is 26.2. The molecule has 25 heavy (non-hydrogen) atoms. The number of benzene rings is 1. The van der Waals surface area contributed by atoms with Crippen molar-refractivity contribution in [2.75, 3.05) is 33.4 Å². The van der Waals surface area contributed by atoms with Crippen molar-refractivity contribution >= 4 is 27.7 Å². The molecule has 0 aliphatic rings. The van der Waals surface area contributed by atoms with E-state index in [1.165, 1.54) is 18.4 Å². The lowest BCUT2D eigenvalue weighted by Gasteiger charge is -2.23. The maximum atomic E-state index is 12.5. The summed E-state index contributed by atoms with van der Waals surface area (Å²) in [6.07, 6.45) is 2.08. The van der Waals surface area contributed by atoms with Gasteiger partial charge in [0.15, 0.2) is 5.96 Å². The Bertz CT molecular complexity index is 686. The second-order valence-electron chi connectivity index (χ2n) is 6.41. The average Bonchev–Trinajstić information content (AvgIpc) is 2.57. The number of hydrogen-bond acceptors (Lipinski definition) is 4. The Morgan fingerprint density at radius 3 is 2.44 bits per heavy atom. The number of thioether (sulfide) groups is 1. The zero-order chi connectivity index (χ0) is 19.1. The minimum atomic E-state index is -3.49. The second kappa shape index (κ2) is 9.45. The van der Waals surface area contributed by atoms with E-state index in [-0.39, 0.29) is 11.3 Å². The Kier molecular flexibility index (Phi) is 8.24. The summed E-state index contributed by atoms with van der Waals surface area (Å²) >= 11 is 1.78. The van der Waals surface area contributed by atoms with Crippen LogP contribution in [0.15, 0.2) is 34.2 Å². The van der Waals surface area contributed by atoms with Crippen molar-refractivity contribution in [1.82, 2.24) is 14.9 Å². The van der Waals surface area contributed by atoms with Crippen molar-refractivity contribution in [3.8, 4) is 0 Å². The Morgan fingerprint density at radius 2 is 1.88 bits per heavy atom. The molecule has 0 aromatic heterocycles. The van der Waals surface area contributed by atoms with Crippen molar-refractivity contribution < 1.29 is 8.42 Å². The van der Waals surface area contributed by atoms with Crippen molar-refractivity contribution in [2.24, 2.45) is 4.99 Å². The molecule has 0 atom stereocenters. The van der Waals surface area contributed by atoms with E-state index in [2.05, 4.69) is 35.7 Å². The molecule has 8 heteroatoms. The Labute approximate surface area is 156 Å². The minimum absolute atomic E-state index is 0.0857. The third kappa shape index (κ3) is 6.52. The quantitative estimate of drug-likeness (QED) is 0.529. The van der Waals surface area contributed by atoms with Gasteiger partial charge >= 0.3 is 0 Å². The topological polar surface area (TPSA) is 73.8 Å². The molecule has 1 aromatic carbocycles. The fraction of sp³-hybridized carbons (Fsp3) is 0.588. The van der Waals surface area contributed by atoms with E-state index in [9.17, 15) is 8.42 Å². The summed E-state index contributed by atoms with van der Waals surface area (Å²) in [5.74, 6) is 0.682. The summed E-state index contributed by atoms with van der Waals surface area (Å²) in [7, 11) is -0.421. The predicted molar refractivity (Wildman–Crippen MR) is 108 cm³/mol. The maximum Gasteiger partial charge on any atom is 0.242 e. The first kappa shape index (κ1) is 21.8. The van der Waals surface area contributed by atoms with Gasteiger partial charge in [-0.25, -0.2) is 17.7 Å². The first-order valence-corrected chi connectivity index (χ1v) is 10.9.